The Morgan fingerprint density at radius 2 is 1.55 bits per heavy atom. The van der Waals surface area contributed by atoms with Gasteiger partial charge in [-0.1, -0.05) is 35.3 Å². The van der Waals surface area contributed by atoms with E-state index in [9.17, 15) is 13.2 Å². The van der Waals surface area contributed by atoms with E-state index in [1.807, 2.05) is 6.07 Å². The molecule has 0 atom stereocenters. The van der Waals surface area contributed by atoms with Crippen LogP contribution in [0.5, 0.6) is 0 Å². The number of hydrogen-bond donors (Lipinski definition) is 0. The monoisotopic (exact) mass is 443 g/mol. The molecule has 7 heteroatoms. The van der Waals surface area contributed by atoms with E-state index in [2.05, 4.69) is 0 Å². The minimum Gasteiger partial charge on any atom is -0.289 e. The topological polar surface area (TPSA) is 56.1 Å². The maximum absolute atomic E-state index is 12.9. The number of ketones is 1. The lowest BCUT2D eigenvalue weighted by molar-refractivity contribution is 0.103. The van der Waals surface area contributed by atoms with Crippen LogP contribution >= 0.6 is 23.2 Å². The van der Waals surface area contributed by atoms with Gasteiger partial charge >= 0.3 is 0 Å². The maximum Gasteiger partial charge on any atom is 0.236 e. The molecule has 1 aromatic heterocycles. The highest BCUT2D eigenvalue weighted by Gasteiger charge is 2.18. The molecule has 0 amide bonds. The smallest absolute Gasteiger partial charge is 0.236 e. The number of benzene rings is 3. The van der Waals surface area contributed by atoms with Crippen LogP contribution in [-0.4, -0.2) is 24.4 Å². The molecule has 0 aliphatic heterocycles. The first-order valence-electron chi connectivity index (χ1n) is 8.66. The second-order valence-electron chi connectivity index (χ2n) is 6.68. The van der Waals surface area contributed by atoms with E-state index in [-0.39, 0.29) is 5.78 Å². The second kappa shape index (κ2) is 7.34. The van der Waals surface area contributed by atoms with E-state index < -0.39 is 10.0 Å². The normalized spacial score (nSPS) is 11.7. The predicted octanol–water partition coefficient (Wildman–Crippen LogP) is 5.65. The molecule has 0 spiro atoms. The molecule has 0 aliphatic carbocycles. The first kappa shape index (κ1) is 19.7. The zero-order chi connectivity index (χ0) is 20.8. The molecule has 0 radical (unpaired) electrons. The van der Waals surface area contributed by atoms with Crippen molar-refractivity contribution in [1.82, 2.24) is 3.97 Å². The van der Waals surface area contributed by atoms with Crippen LogP contribution in [0.15, 0.2) is 72.9 Å². The third-order valence-electron chi connectivity index (χ3n) is 4.63. The van der Waals surface area contributed by atoms with Crippen molar-refractivity contribution in [1.29, 1.82) is 0 Å². The van der Waals surface area contributed by atoms with Gasteiger partial charge in [0.15, 0.2) is 5.78 Å². The molecule has 1 heterocycles. The van der Waals surface area contributed by atoms with E-state index in [1.54, 1.807) is 66.9 Å². The van der Waals surface area contributed by atoms with Gasteiger partial charge in [-0.2, -0.15) is 0 Å². The summed E-state index contributed by atoms with van der Waals surface area (Å²) in [5.41, 5.74) is 2.89. The number of rotatable bonds is 4. The Morgan fingerprint density at radius 3 is 2.21 bits per heavy atom. The third-order valence-corrected chi connectivity index (χ3v) is 6.14. The summed E-state index contributed by atoms with van der Waals surface area (Å²) in [6.07, 6.45) is 2.70. The minimum absolute atomic E-state index is 0.173. The van der Waals surface area contributed by atoms with Crippen molar-refractivity contribution in [3.63, 3.8) is 0 Å². The minimum atomic E-state index is -3.53. The second-order valence-corrected chi connectivity index (χ2v) is 9.41. The van der Waals surface area contributed by atoms with E-state index >= 15 is 0 Å². The zero-order valence-electron chi connectivity index (χ0n) is 15.3. The lowest BCUT2D eigenvalue weighted by atomic mass is 9.99. The van der Waals surface area contributed by atoms with Gasteiger partial charge in [-0.25, -0.2) is 12.4 Å². The van der Waals surface area contributed by atoms with Crippen LogP contribution in [-0.2, 0) is 10.0 Å². The van der Waals surface area contributed by atoms with E-state index in [0.717, 1.165) is 11.8 Å². The maximum atomic E-state index is 12.9. The Morgan fingerprint density at radius 1 is 0.862 bits per heavy atom. The van der Waals surface area contributed by atoms with Gasteiger partial charge in [-0.3, -0.25) is 4.79 Å². The Bertz CT molecular complexity index is 1360. The van der Waals surface area contributed by atoms with Gasteiger partial charge in [-0.15, -0.1) is 0 Å². The number of carbonyl (C=O) groups is 1. The molecule has 29 heavy (non-hydrogen) atoms. The summed E-state index contributed by atoms with van der Waals surface area (Å²) >= 11 is 12.0. The lowest BCUT2D eigenvalue weighted by Crippen LogP contribution is -2.08. The summed E-state index contributed by atoms with van der Waals surface area (Å²) < 4.78 is 25.8. The Balaban J connectivity index is 1.94. The van der Waals surface area contributed by atoms with Crippen LogP contribution in [0.25, 0.3) is 22.0 Å². The van der Waals surface area contributed by atoms with Gasteiger partial charge in [0, 0.05) is 38.3 Å². The fraction of sp³-hybridized carbons (Fsp3) is 0.0455. The summed E-state index contributed by atoms with van der Waals surface area (Å²) in [5, 5.41) is 1.74. The van der Waals surface area contributed by atoms with Crippen LogP contribution < -0.4 is 0 Å². The average molecular weight is 444 g/mol. The average Bonchev–Trinajstić information content (AvgIpc) is 3.07. The Kier molecular flexibility index (Phi) is 4.99. The molecule has 0 unspecified atom stereocenters. The summed E-state index contributed by atoms with van der Waals surface area (Å²) in [6.45, 7) is 0. The summed E-state index contributed by atoms with van der Waals surface area (Å²) in [4.78, 5) is 12.9. The van der Waals surface area contributed by atoms with Gasteiger partial charge in [-0.05, 0) is 60.2 Å². The van der Waals surface area contributed by atoms with Crippen molar-refractivity contribution in [2.45, 2.75) is 0 Å². The molecule has 146 valence electrons. The van der Waals surface area contributed by atoms with Crippen molar-refractivity contribution >= 4 is 49.9 Å². The van der Waals surface area contributed by atoms with Crippen molar-refractivity contribution in [2.24, 2.45) is 0 Å². The van der Waals surface area contributed by atoms with E-state index in [4.69, 9.17) is 23.2 Å². The first-order chi connectivity index (χ1) is 13.7. The molecular weight excluding hydrogens is 429 g/mol. The number of carbonyl (C=O) groups excluding carboxylic acids is 1. The van der Waals surface area contributed by atoms with Crippen molar-refractivity contribution in [2.75, 3.05) is 6.26 Å². The van der Waals surface area contributed by atoms with Crippen LogP contribution in [0.2, 0.25) is 10.0 Å². The molecular formula is C22H15Cl2NO3S. The van der Waals surface area contributed by atoms with Crippen LogP contribution in [0.4, 0.5) is 0 Å². The molecule has 0 bridgehead atoms. The fourth-order valence-corrected chi connectivity index (χ4v) is 4.40. The zero-order valence-corrected chi connectivity index (χ0v) is 17.6. The van der Waals surface area contributed by atoms with Gasteiger partial charge in [0.25, 0.3) is 0 Å². The molecule has 4 rings (SSSR count). The van der Waals surface area contributed by atoms with Crippen LogP contribution in [0, 0.1) is 0 Å². The first-order valence-corrected chi connectivity index (χ1v) is 11.3. The van der Waals surface area contributed by atoms with Gasteiger partial charge in [0.1, 0.15) is 0 Å². The van der Waals surface area contributed by atoms with Gasteiger partial charge in [0.2, 0.25) is 10.0 Å². The third kappa shape index (κ3) is 3.81. The number of aromatic nitrogens is 1. The van der Waals surface area contributed by atoms with Crippen molar-refractivity contribution in [3.05, 3.63) is 94.1 Å². The largest absolute Gasteiger partial charge is 0.289 e. The van der Waals surface area contributed by atoms with Gasteiger partial charge in [0.05, 0.1) is 11.8 Å². The molecule has 4 aromatic rings. The highest BCUT2D eigenvalue weighted by Crippen LogP contribution is 2.34. The summed E-state index contributed by atoms with van der Waals surface area (Å²) in [7, 11) is -3.53. The molecule has 0 saturated heterocycles. The number of hydrogen-bond acceptors (Lipinski definition) is 3. The van der Waals surface area contributed by atoms with Crippen molar-refractivity contribution in [3.8, 4) is 11.1 Å². The summed E-state index contributed by atoms with van der Waals surface area (Å²) in [5.74, 6) is -0.173. The van der Waals surface area contributed by atoms with Gasteiger partial charge < -0.3 is 0 Å². The SMILES string of the molecule is CS(=O)(=O)n1cc(-c2cccc(Cl)c2)c2cc(C(=O)c3ccc(Cl)cc3)ccc21. The summed E-state index contributed by atoms with van der Waals surface area (Å²) in [6, 6.07) is 18.8. The molecule has 0 aliphatic rings. The predicted molar refractivity (Wildman–Crippen MR) is 118 cm³/mol. The van der Waals surface area contributed by atoms with Crippen molar-refractivity contribution < 1.29 is 13.2 Å². The Labute approximate surface area is 178 Å². The molecule has 3 aromatic carbocycles. The van der Waals surface area contributed by atoms with E-state index in [0.29, 0.717) is 37.6 Å². The molecule has 0 fully saturated rings. The van der Waals surface area contributed by atoms with Crippen LogP contribution in [0.1, 0.15) is 15.9 Å². The molecule has 4 nitrogen and oxygen atoms in total. The molecule has 0 saturated carbocycles. The fourth-order valence-electron chi connectivity index (χ4n) is 3.27. The lowest BCUT2D eigenvalue weighted by Gasteiger charge is -2.05. The van der Waals surface area contributed by atoms with E-state index in [1.165, 1.54) is 3.97 Å². The number of fused-ring (bicyclic) bond motifs is 1. The quantitative estimate of drug-likeness (QED) is 0.382. The highest BCUT2D eigenvalue weighted by molar-refractivity contribution is 7.89. The highest BCUT2D eigenvalue weighted by atomic mass is 35.5. The number of nitrogens with zero attached hydrogens (tertiary/aromatic N) is 1. The molecule has 0 N–H and O–H groups in total. The Hall–Kier alpha value is -2.60. The standard InChI is InChI=1S/C22H15Cl2NO3S/c1-29(27,28)25-13-20(15-3-2-4-18(24)11-15)19-12-16(7-10-21(19)25)22(26)14-5-8-17(23)9-6-14/h2-13H,1H3. The van der Waals surface area contributed by atoms with Crippen LogP contribution in [0.3, 0.4) is 0 Å². The number of halogens is 2.